The van der Waals surface area contributed by atoms with Crippen LogP contribution in [0.1, 0.15) is 23.3 Å². The number of hydrogen-bond acceptors (Lipinski definition) is 6. The first kappa shape index (κ1) is 16.3. The predicted octanol–water partition coefficient (Wildman–Crippen LogP) is 3.65. The van der Waals surface area contributed by atoms with E-state index in [1.54, 1.807) is 42.7 Å². The van der Waals surface area contributed by atoms with E-state index in [1.165, 1.54) is 4.88 Å². The van der Waals surface area contributed by atoms with Crippen molar-refractivity contribution in [3.05, 3.63) is 55.5 Å². The number of rotatable bonds is 2. The predicted molar refractivity (Wildman–Crippen MR) is 105 cm³/mol. The van der Waals surface area contributed by atoms with Crippen LogP contribution in [-0.4, -0.2) is 17.1 Å². The summed E-state index contributed by atoms with van der Waals surface area (Å²) >= 11 is 1.55. The van der Waals surface area contributed by atoms with Crippen LogP contribution in [0.2, 0.25) is 0 Å². The lowest BCUT2D eigenvalue weighted by Gasteiger charge is -2.09. The van der Waals surface area contributed by atoms with E-state index in [0.717, 1.165) is 31.2 Å². The number of H-pyrrole nitrogens is 1. The molecule has 1 aliphatic carbocycles. The van der Waals surface area contributed by atoms with Gasteiger partial charge in [-0.2, -0.15) is 0 Å². The van der Waals surface area contributed by atoms with Crippen LogP contribution in [-0.2, 0) is 12.8 Å². The van der Waals surface area contributed by atoms with Crippen molar-refractivity contribution in [1.82, 2.24) is 9.97 Å². The third-order valence-corrected chi connectivity index (χ3v) is 6.21. The first-order valence-corrected chi connectivity index (χ1v) is 9.62. The molecule has 4 aromatic rings. The Hall–Kier alpha value is -2.93. The molecular formula is C20H16N2O4S. The maximum absolute atomic E-state index is 12.7. The fourth-order valence-electron chi connectivity index (χ4n) is 3.69. The van der Waals surface area contributed by atoms with Gasteiger partial charge in [0.1, 0.15) is 27.6 Å². The molecule has 1 aliphatic rings. The van der Waals surface area contributed by atoms with E-state index in [2.05, 4.69) is 9.97 Å². The highest BCUT2D eigenvalue weighted by Gasteiger charge is 2.21. The van der Waals surface area contributed by atoms with Crippen LogP contribution < -0.4 is 15.9 Å². The number of hydrogen-bond donors (Lipinski definition) is 1. The first-order valence-electron chi connectivity index (χ1n) is 8.81. The topological polar surface area (TPSA) is 85.2 Å². The quantitative estimate of drug-likeness (QED) is 0.537. The molecule has 1 N–H and O–H groups in total. The zero-order valence-electron chi connectivity index (χ0n) is 14.6. The van der Waals surface area contributed by atoms with Gasteiger partial charge in [0.15, 0.2) is 0 Å². The van der Waals surface area contributed by atoms with E-state index in [1.807, 2.05) is 0 Å². The summed E-state index contributed by atoms with van der Waals surface area (Å²) in [5, 5.41) is 1.38. The minimum atomic E-state index is -0.531. The number of aryl methyl sites for hydroxylation is 2. The molecule has 0 atom stereocenters. The molecule has 0 radical (unpaired) electrons. The molecule has 0 saturated heterocycles. The second kappa shape index (κ2) is 6.06. The van der Waals surface area contributed by atoms with Crippen molar-refractivity contribution in [2.24, 2.45) is 0 Å². The first-order chi connectivity index (χ1) is 13.1. The highest BCUT2D eigenvalue weighted by molar-refractivity contribution is 7.18. The van der Waals surface area contributed by atoms with Crippen molar-refractivity contribution in [1.29, 1.82) is 0 Å². The maximum Gasteiger partial charge on any atom is 0.347 e. The van der Waals surface area contributed by atoms with E-state index in [9.17, 15) is 9.59 Å². The van der Waals surface area contributed by atoms with Crippen molar-refractivity contribution in [2.45, 2.75) is 25.7 Å². The average Bonchev–Trinajstić information content (AvgIpc) is 3.06. The van der Waals surface area contributed by atoms with Crippen LogP contribution >= 0.6 is 11.3 Å². The lowest BCUT2D eigenvalue weighted by Crippen LogP contribution is -2.14. The van der Waals surface area contributed by atoms with Crippen LogP contribution in [0.15, 0.2) is 38.3 Å². The minimum Gasteiger partial charge on any atom is -0.497 e. The fourth-order valence-corrected chi connectivity index (χ4v) is 4.95. The number of ether oxygens (including phenoxy) is 1. The molecule has 1 aromatic carbocycles. The van der Waals surface area contributed by atoms with E-state index in [-0.39, 0.29) is 16.9 Å². The number of benzene rings is 1. The summed E-state index contributed by atoms with van der Waals surface area (Å²) in [6.45, 7) is 0. The van der Waals surface area contributed by atoms with Gasteiger partial charge < -0.3 is 14.1 Å². The Labute approximate surface area is 157 Å². The molecule has 0 saturated carbocycles. The van der Waals surface area contributed by atoms with E-state index in [4.69, 9.17) is 9.15 Å². The van der Waals surface area contributed by atoms with Gasteiger partial charge in [-0.3, -0.25) is 4.79 Å². The SMILES string of the molecule is COc1ccc2oc(=O)c(-c3nc4sc5c(c4c(=O)[nH]3)CCCC5)cc2c1. The van der Waals surface area contributed by atoms with Gasteiger partial charge in [0.05, 0.1) is 12.5 Å². The summed E-state index contributed by atoms with van der Waals surface area (Å²) in [4.78, 5) is 34.5. The Balaban J connectivity index is 1.74. The number of nitrogens with zero attached hydrogens (tertiary/aromatic N) is 1. The number of nitrogens with one attached hydrogen (secondary N) is 1. The summed E-state index contributed by atoms with van der Waals surface area (Å²) in [5.41, 5.74) is 1.09. The lowest BCUT2D eigenvalue weighted by atomic mass is 9.97. The smallest absolute Gasteiger partial charge is 0.347 e. The summed E-state index contributed by atoms with van der Waals surface area (Å²) in [6, 6.07) is 6.88. The number of thiophene rings is 1. The third-order valence-electron chi connectivity index (χ3n) is 5.02. The van der Waals surface area contributed by atoms with Crippen LogP contribution in [0.5, 0.6) is 5.75 Å². The summed E-state index contributed by atoms with van der Waals surface area (Å²) in [6.07, 6.45) is 4.14. The van der Waals surface area contributed by atoms with Gasteiger partial charge in [0.2, 0.25) is 0 Å². The Bertz CT molecular complexity index is 1320. The van der Waals surface area contributed by atoms with Crippen molar-refractivity contribution in [3.8, 4) is 17.1 Å². The van der Waals surface area contributed by atoms with Crippen LogP contribution in [0.4, 0.5) is 0 Å². The molecule has 0 fully saturated rings. The molecule has 7 heteroatoms. The molecule has 0 aliphatic heterocycles. The van der Waals surface area contributed by atoms with Crippen molar-refractivity contribution in [3.63, 3.8) is 0 Å². The average molecular weight is 380 g/mol. The Morgan fingerprint density at radius 1 is 1.19 bits per heavy atom. The monoisotopic (exact) mass is 380 g/mol. The minimum absolute atomic E-state index is 0.195. The van der Waals surface area contributed by atoms with Gasteiger partial charge in [-0.25, -0.2) is 9.78 Å². The maximum atomic E-state index is 12.7. The molecule has 0 unspecified atom stereocenters. The second-order valence-electron chi connectivity index (χ2n) is 6.66. The third kappa shape index (κ3) is 2.57. The molecule has 3 heterocycles. The second-order valence-corrected chi connectivity index (χ2v) is 7.74. The van der Waals surface area contributed by atoms with Crippen molar-refractivity contribution in [2.75, 3.05) is 7.11 Å². The number of fused-ring (bicyclic) bond motifs is 4. The summed E-state index contributed by atoms with van der Waals surface area (Å²) < 4.78 is 10.6. The van der Waals surface area contributed by atoms with Crippen LogP contribution in [0.3, 0.4) is 0 Å². The summed E-state index contributed by atoms with van der Waals surface area (Å²) in [5.74, 6) is 0.898. The lowest BCUT2D eigenvalue weighted by molar-refractivity contribution is 0.415. The van der Waals surface area contributed by atoms with Gasteiger partial charge in [-0.15, -0.1) is 11.3 Å². The van der Waals surface area contributed by atoms with Gasteiger partial charge in [0.25, 0.3) is 5.56 Å². The molecule has 0 amide bonds. The van der Waals surface area contributed by atoms with Crippen molar-refractivity contribution < 1.29 is 9.15 Å². The number of methoxy groups -OCH3 is 1. The molecule has 3 aromatic heterocycles. The van der Waals surface area contributed by atoms with E-state index >= 15 is 0 Å². The largest absolute Gasteiger partial charge is 0.497 e. The molecule has 5 rings (SSSR count). The highest BCUT2D eigenvalue weighted by Crippen LogP contribution is 2.34. The standard InChI is InChI=1S/C20H16N2O4S/c1-25-11-6-7-14-10(8-11)9-13(20(24)26-14)17-21-18(23)16-12-4-2-3-5-15(12)27-19(16)22-17/h6-9H,2-5H2,1H3,(H,21,22,23). The van der Waals surface area contributed by atoms with Crippen LogP contribution in [0, 0.1) is 0 Å². The molecule has 27 heavy (non-hydrogen) atoms. The van der Waals surface area contributed by atoms with Gasteiger partial charge in [-0.1, -0.05) is 0 Å². The highest BCUT2D eigenvalue weighted by atomic mass is 32.1. The number of aromatic nitrogens is 2. The normalized spacial score (nSPS) is 13.8. The van der Waals surface area contributed by atoms with E-state index < -0.39 is 5.63 Å². The molecule has 0 spiro atoms. The van der Waals surface area contributed by atoms with Gasteiger partial charge in [-0.05, 0) is 55.5 Å². The van der Waals surface area contributed by atoms with E-state index in [0.29, 0.717) is 26.9 Å². The van der Waals surface area contributed by atoms with Gasteiger partial charge in [0, 0.05) is 10.3 Å². The number of aromatic amines is 1. The zero-order chi connectivity index (χ0) is 18.5. The summed E-state index contributed by atoms with van der Waals surface area (Å²) in [7, 11) is 1.58. The molecule has 136 valence electrons. The Morgan fingerprint density at radius 3 is 2.89 bits per heavy atom. The molecular weight excluding hydrogens is 364 g/mol. The van der Waals surface area contributed by atoms with Gasteiger partial charge >= 0.3 is 5.63 Å². The molecule has 0 bridgehead atoms. The Morgan fingerprint density at radius 2 is 2.04 bits per heavy atom. The van der Waals surface area contributed by atoms with Crippen molar-refractivity contribution >= 4 is 32.5 Å². The Kier molecular flexibility index (Phi) is 3.65. The zero-order valence-corrected chi connectivity index (χ0v) is 15.4. The fraction of sp³-hybridized carbons (Fsp3) is 0.250. The van der Waals surface area contributed by atoms with Crippen LogP contribution in [0.25, 0.3) is 32.6 Å². The molecule has 6 nitrogen and oxygen atoms in total.